The first kappa shape index (κ1) is 25.9. The number of carbonyl (C=O) groups is 3. The van der Waals surface area contributed by atoms with Gasteiger partial charge >= 0.3 is 5.97 Å². The second-order valence-electron chi connectivity index (χ2n) is 9.68. The fraction of sp³-hybridized carbons (Fsp3) is 0.464. The molecule has 5 rings (SSSR count). The number of esters is 1. The minimum atomic E-state index is -1.51. The number of carbonyl (C=O) groups excluding carboxylic acids is 3. The maximum Gasteiger partial charge on any atom is 0.348 e. The van der Waals surface area contributed by atoms with Gasteiger partial charge in [-0.15, -0.1) is 0 Å². The molecule has 3 fully saturated rings. The van der Waals surface area contributed by atoms with Gasteiger partial charge in [0.2, 0.25) is 5.60 Å². The van der Waals surface area contributed by atoms with Crippen molar-refractivity contribution in [3.05, 3.63) is 71.8 Å². The number of carboxylic acid groups (broad SMARTS) is 1. The van der Waals surface area contributed by atoms with E-state index in [2.05, 4.69) is 0 Å². The zero-order valence-corrected chi connectivity index (χ0v) is 20.3. The van der Waals surface area contributed by atoms with Crippen molar-refractivity contribution in [1.29, 1.82) is 0 Å². The van der Waals surface area contributed by atoms with E-state index < -0.39 is 18.0 Å². The van der Waals surface area contributed by atoms with E-state index in [4.69, 9.17) is 24.1 Å². The molecule has 3 aliphatic heterocycles. The van der Waals surface area contributed by atoms with Crippen molar-refractivity contribution in [3.8, 4) is 0 Å². The molecule has 0 saturated carbocycles. The fourth-order valence-electron chi connectivity index (χ4n) is 6.66. The summed E-state index contributed by atoms with van der Waals surface area (Å²) in [5.41, 5.74) is -0.211. The van der Waals surface area contributed by atoms with E-state index in [-0.39, 0.29) is 12.9 Å². The van der Waals surface area contributed by atoms with E-state index in [1.807, 2.05) is 60.7 Å². The molecule has 8 heteroatoms. The third-order valence-corrected chi connectivity index (χ3v) is 8.09. The lowest BCUT2D eigenvalue weighted by Crippen LogP contribution is -2.60. The molecule has 0 N–H and O–H groups in total. The van der Waals surface area contributed by atoms with Crippen LogP contribution < -0.4 is 5.11 Å². The minimum absolute atomic E-state index is 0.123. The van der Waals surface area contributed by atoms with Crippen LogP contribution in [0.1, 0.15) is 49.7 Å². The molecule has 36 heavy (non-hydrogen) atoms. The Labute approximate surface area is 211 Å². The third-order valence-electron chi connectivity index (χ3n) is 8.09. The monoisotopic (exact) mass is 495 g/mol. The van der Waals surface area contributed by atoms with Gasteiger partial charge < -0.3 is 28.6 Å². The summed E-state index contributed by atoms with van der Waals surface area (Å²) in [5, 5.41) is 8.25. The van der Waals surface area contributed by atoms with E-state index in [1.54, 1.807) is 0 Å². The van der Waals surface area contributed by atoms with Gasteiger partial charge in [0.05, 0.1) is 25.2 Å². The Hall–Kier alpha value is -3.23. The number of benzene rings is 2. The molecule has 3 heterocycles. The smallest absolute Gasteiger partial charge is 0.348 e. The molecule has 3 aliphatic rings. The van der Waals surface area contributed by atoms with Crippen LogP contribution in [0.3, 0.4) is 0 Å². The molecule has 2 aromatic carbocycles. The van der Waals surface area contributed by atoms with Gasteiger partial charge in [-0.25, -0.2) is 4.79 Å². The molecule has 2 atom stereocenters. The van der Waals surface area contributed by atoms with Crippen molar-refractivity contribution in [2.75, 3.05) is 19.9 Å². The number of quaternary nitrogens is 1. The van der Waals surface area contributed by atoms with Crippen molar-refractivity contribution in [2.45, 2.75) is 62.3 Å². The summed E-state index contributed by atoms with van der Waals surface area (Å²) in [7, 11) is 0. The van der Waals surface area contributed by atoms with Crippen LogP contribution in [0.2, 0.25) is 0 Å². The van der Waals surface area contributed by atoms with E-state index in [9.17, 15) is 9.59 Å². The molecule has 8 nitrogen and oxygen atoms in total. The normalized spacial score (nSPS) is 23.8. The van der Waals surface area contributed by atoms with Crippen LogP contribution in [0.15, 0.2) is 60.7 Å². The second-order valence-corrected chi connectivity index (χ2v) is 9.68. The van der Waals surface area contributed by atoms with Gasteiger partial charge in [-0.1, -0.05) is 60.7 Å². The zero-order valence-electron chi connectivity index (χ0n) is 20.3. The zero-order chi connectivity index (χ0) is 25.4. The van der Waals surface area contributed by atoms with Gasteiger partial charge in [0, 0.05) is 45.0 Å². The van der Waals surface area contributed by atoms with Gasteiger partial charge in [0.1, 0.15) is 6.10 Å². The average Bonchev–Trinajstić information content (AvgIpc) is 3.45. The summed E-state index contributed by atoms with van der Waals surface area (Å²) < 4.78 is 18.5. The number of piperidine rings is 1. The molecule has 3 saturated heterocycles. The van der Waals surface area contributed by atoms with Crippen molar-refractivity contribution in [1.82, 2.24) is 0 Å². The summed E-state index contributed by atoms with van der Waals surface area (Å²) in [6, 6.07) is 19.8. The van der Waals surface area contributed by atoms with E-state index in [1.165, 1.54) is 43.3 Å². The maximum absolute atomic E-state index is 14.0. The first-order valence-electron chi connectivity index (χ1n) is 12.5. The number of ether oxygens (including phenoxy) is 3. The highest BCUT2D eigenvalue weighted by Gasteiger charge is 2.56. The SMILES string of the molecule is O=COCOC(C(=O)OC1CC2CCC(C1)[N+]21CCCC1)(c1ccccc1)c1ccccc1.O=C[O-]. The Morgan fingerprint density at radius 3 is 1.89 bits per heavy atom. The van der Waals surface area contributed by atoms with Crippen molar-refractivity contribution >= 4 is 18.9 Å². The standard InChI is InChI=1S/C27H32NO5.CH2O2/c29-19-31-20-32-27(21-9-3-1-4-10-21,22-11-5-2-6-12-22)26(30)33-25-17-23-13-14-24(18-25)28(23)15-7-8-16-28;2-1-3/h1-6,9-12,19,23-25H,7-8,13-18,20H2;1H,(H,2,3)/q+1;/p-1. The number of nitrogens with zero attached hydrogens (tertiary/aromatic N) is 1. The summed E-state index contributed by atoms with van der Waals surface area (Å²) in [6.07, 6.45) is 6.78. The summed E-state index contributed by atoms with van der Waals surface area (Å²) in [4.78, 5) is 33.1. The van der Waals surface area contributed by atoms with Crippen molar-refractivity contribution in [2.24, 2.45) is 0 Å². The van der Waals surface area contributed by atoms with Crippen LogP contribution in [-0.4, -0.2) is 61.5 Å². The number of hydrogen-bond acceptors (Lipinski definition) is 7. The Kier molecular flexibility index (Phi) is 8.38. The molecule has 2 aromatic rings. The predicted octanol–water partition coefficient (Wildman–Crippen LogP) is 2.29. The molecule has 1 spiro atoms. The largest absolute Gasteiger partial charge is 0.554 e. The van der Waals surface area contributed by atoms with Crippen LogP contribution >= 0.6 is 0 Å². The second kappa shape index (κ2) is 11.7. The molecule has 2 bridgehead atoms. The highest BCUT2D eigenvalue weighted by Crippen LogP contribution is 2.47. The molecule has 192 valence electrons. The van der Waals surface area contributed by atoms with Crippen LogP contribution in [0, 0.1) is 0 Å². The molecule has 0 aromatic heterocycles. The average molecular weight is 496 g/mol. The number of rotatable bonds is 8. The lowest BCUT2D eigenvalue weighted by atomic mass is 9.85. The minimum Gasteiger partial charge on any atom is -0.554 e. The van der Waals surface area contributed by atoms with E-state index in [0.717, 1.165) is 12.8 Å². The maximum atomic E-state index is 14.0. The van der Waals surface area contributed by atoms with Gasteiger partial charge in [0.15, 0.2) is 6.79 Å². The van der Waals surface area contributed by atoms with E-state index >= 15 is 0 Å². The van der Waals surface area contributed by atoms with Crippen LogP contribution in [0.25, 0.3) is 0 Å². The molecule has 0 aliphatic carbocycles. The summed E-state index contributed by atoms with van der Waals surface area (Å²) >= 11 is 0. The third kappa shape index (κ3) is 4.88. The molecule has 0 radical (unpaired) electrons. The molecular formula is C28H33NO7. The highest BCUT2D eigenvalue weighted by molar-refractivity contribution is 5.86. The van der Waals surface area contributed by atoms with Gasteiger partial charge in [0.25, 0.3) is 6.47 Å². The van der Waals surface area contributed by atoms with Crippen LogP contribution in [0.4, 0.5) is 0 Å². The quantitative estimate of drug-likeness (QED) is 0.182. The first-order chi connectivity index (χ1) is 17.6. The van der Waals surface area contributed by atoms with Crippen molar-refractivity contribution < 1.29 is 38.2 Å². The Balaban J connectivity index is 0.000000967. The Morgan fingerprint density at radius 1 is 0.917 bits per heavy atom. The lowest BCUT2D eigenvalue weighted by Gasteiger charge is -2.47. The van der Waals surface area contributed by atoms with Crippen LogP contribution in [0.5, 0.6) is 0 Å². The Morgan fingerprint density at radius 2 is 1.42 bits per heavy atom. The van der Waals surface area contributed by atoms with Gasteiger partial charge in [-0.05, 0) is 11.1 Å². The topological polar surface area (TPSA) is 102 Å². The van der Waals surface area contributed by atoms with Crippen molar-refractivity contribution in [3.63, 3.8) is 0 Å². The highest BCUT2D eigenvalue weighted by atomic mass is 16.7. The summed E-state index contributed by atoms with van der Waals surface area (Å²) in [5.74, 6) is -0.450. The fourth-order valence-corrected chi connectivity index (χ4v) is 6.66. The van der Waals surface area contributed by atoms with E-state index in [0.29, 0.717) is 29.7 Å². The molecular weight excluding hydrogens is 462 g/mol. The number of hydrogen-bond donors (Lipinski definition) is 0. The van der Waals surface area contributed by atoms with Crippen LogP contribution in [-0.2, 0) is 34.2 Å². The Bertz CT molecular complexity index is 952. The first-order valence-corrected chi connectivity index (χ1v) is 12.5. The van der Waals surface area contributed by atoms with Gasteiger partial charge in [-0.3, -0.25) is 4.79 Å². The predicted molar refractivity (Wildman–Crippen MR) is 128 cm³/mol. The summed E-state index contributed by atoms with van der Waals surface area (Å²) in [6.45, 7) is 2.03. The van der Waals surface area contributed by atoms with Gasteiger partial charge in [-0.2, -0.15) is 0 Å². The molecule has 2 unspecified atom stereocenters. The molecule has 0 amide bonds. The lowest BCUT2D eigenvalue weighted by molar-refractivity contribution is -0.956.